The van der Waals surface area contributed by atoms with Gasteiger partial charge in [0.1, 0.15) is 10.7 Å². The van der Waals surface area contributed by atoms with Gasteiger partial charge in [0.15, 0.2) is 9.84 Å². The number of hydrogen-bond donors (Lipinski definition) is 1. The fraction of sp³-hybridized carbons (Fsp3) is 0.583. The molecule has 1 fully saturated rings. The SMILES string of the molecule is CSC1CCC(Nc2ncccc2S(C)(=O)=O)C1. The molecule has 6 heteroatoms. The van der Waals surface area contributed by atoms with Crippen LogP contribution >= 0.6 is 11.8 Å². The van der Waals surface area contributed by atoms with Crippen molar-refractivity contribution in [3.8, 4) is 0 Å². The number of pyridine rings is 1. The molecular weight excluding hydrogens is 268 g/mol. The van der Waals surface area contributed by atoms with Gasteiger partial charge in [0.2, 0.25) is 0 Å². The van der Waals surface area contributed by atoms with Crippen LogP contribution in [0.25, 0.3) is 0 Å². The first-order chi connectivity index (χ1) is 8.50. The molecule has 0 spiro atoms. The molecule has 18 heavy (non-hydrogen) atoms. The molecule has 1 saturated carbocycles. The van der Waals surface area contributed by atoms with Crippen LogP contribution in [0, 0.1) is 0 Å². The molecule has 0 radical (unpaired) electrons. The Hall–Kier alpha value is -0.750. The second-order valence-electron chi connectivity index (χ2n) is 4.63. The third-order valence-electron chi connectivity index (χ3n) is 3.23. The third kappa shape index (κ3) is 3.17. The van der Waals surface area contributed by atoms with E-state index in [2.05, 4.69) is 16.6 Å². The maximum Gasteiger partial charge on any atom is 0.179 e. The number of aromatic nitrogens is 1. The molecule has 0 aliphatic heterocycles. The molecule has 0 saturated heterocycles. The van der Waals surface area contributed by atoms with E-state index in [4.69, 9.17) is 0 Å². The Morgan fingerprint density at radius 2 is 2.22 bits per heavy atom. The Morgan fingerprint density at radius 3 is 2.83 bits per heavy atom. The first kappa shape index (κ1) is 13.7. The normalized spacial score (nSPS) is 24.1. The van der Waals surface area contributed by atoms with Crippen molar-refractivity contribution in [3.63, 3.8) is 0 Å². The van der Waals surface area contributed by atoms with Crippen molar-refractivity contribution in [2.75, 3.05) is 17.8 Å². The van der Waals surface area contributed by atoms with Crippen LogP contribution in [0.1, 0.15) is 19.3 Å². The van der Waals surface area contributed by atoms with Crippen LogP contribution in [-0.2, 0) is 9.84 Å². The molecule has 1 heterocycles. The monoisotopic (exact) mass is 286 g/mol. The summed E-state index contributed by atoms with van der Waals surface area (Å²) in [5.74, 6) is 0.492. The Bertz CT molecular complexity index is 517. The van der Waals surface area contributed by atoms with Crippen molar-refractivity contribution in [1.29, 1.82) is 0 Å². The fourth-order valence-corrected chi connectivity index (χ4v) is 3.86. The van der Waals surface area contributed by atoms with Gasteiger partial charge >= 0.3 is 0 Å². The van der Waals surface area contributed by atoms with E-state index in [0.717, 1.165) is 12.8 Å². The number of nitrogens with zero attached hydrogens (tertiary/aromatic N) is 1. The molecule has 2 atom stereocenters. The van der Waals surface area contributed by atoms with Crippen molar-refractivity contribution in [2.24, 2.45) is 0 Å². The number of nitrogens with one attached hydrogen (secondary N) is 1. The third-order valence-corrected chi connectivity index (χ3v) is 5.45. The Morgan fingerprint density at radius 1 is 1.44 bits per heavy atom. The summed E-state index contributed by atoms with van der Waals surface area (Å²) in [7, 11) is -3.22. The van der Waals surface area contributed by atoms with Gasteiger partial charge in [0, 0.05) is 23.7 Å². The molecule has 1 aromatic heterocycles. The molecule has 1 aromatic rings. The summed E-state index contributed by atoms with van der Waals surface area (Å²) in [6.45, 7) is 0. The highest BCUT2D eigenvalue weighted by Gasteiger charge is 2.25. The second kappa shape index (κ2) is 5.48. The summed E-state index contributed by atoms with van der Waals surface area (Å²) in [5.41, 5.74) is 0. The van der Waals surface area contributed by atoms with Crippen molar-refractivity contribution in [3.05, 3.63) is 18.3 Å². The quantitative estimate of drug-likeness (QED) is 0.919. The van der Waals surface area contributed by atoms with Crippen LogP contribution in [0.3, 0.4) is 0 Å². The van der Waals surface area contributed by atoms with E-state index in [1.54, 1.807) is 18.3 Å². The summed E-state index contributed by atoms with van der Waals surface area (Å²) in [4.78, 5) is 4.45. The van der Waals surface area contributed by atoms with Crippen LogP contribution in [0.15, 0.2) is 23.2 Å². The van der Waals surface area contributed by atoms with Crippen LogP contribution in [-0.4, -0.2) is 37.2 Å². The first-order valence-electron chi connectivity index (χ1n) is 5.95. The van der Waals surface area contributed by atoms with Crippen LogP contribution in [0.5, 0.6) is 0 Å². The van der Waals surface area contributed by atoms with Crippen LogP contribution in [0.4, 0.5) is 5.82 Å². The number of rotatable bonds is 4. The summed E-state index contributed by atoms with van der Waals surface area (Å²) in [6.07, 6.45) is 8.29. The van der Waals surface area contributed by atoms with Crippen molar-refractivity contribution in [1.82, 2.24) is 4.98 Å². The molecule has 2 rings (SSSR count). The molecule has 100 valence electrons. The highest BCUT2D eigenvalue weighted by Crippen LogP contribution is 2.31. The molecule has 0 aromatic carbocycles. The van der Waals surface area contributed by atoms with Gasteiger partial charge in [-0.3, -0.25) is 0 Å². The summed E-state index contributed by atoms with van der Waals surface area (Å²) < 4.78 is 23.3. The Balaban J connectivity index is 2.15. The average Bonchev–Trinajstić information content (AvgIpc) is 2.76. The predicted molar refractivity (Wildman–Crippen MR) is 75.9 cm³/mol. The van der Waals surface area contributed by atoms with Gasteiger partial charge in [-0.2, -0.15) is 11.8 Å². The molecular formula is C12H18N2O2S2. The van der Waals surface area contributed by atoms with Gasteiger partial charge in [-0.25, -0.2) is 13.4 Å². The smallest absolute Gasteiger partial charge is 0.179 e. The zero-order valence-corrected chi connectivity index (χ0v) is 12.2. The highest BCUT2D eigenvalue weighted by atomic mass is 32.2. The number of hydrogen-bond acceptors (Lipinski definition) is 5. The minimum atomic E-state index is -3.22. The zero-order valence-electron chi connectivity index (χ0n) is 10.6. The van der Waals surface area contributed by atoms with Crippen LogP contribution < -0.4 is 5.32 Å². The van der Waals surface area contributed by atoms with Crippen LogP contribution in [0.2, 0.25) is 0 Å². The highest BCUT2D eigenvalue weighted by molar-refractivity contribution is 7.99. The maximum atomic E-state index is 11.7. The minimum absolute atomic E-state index is 0.289. The van der Waals surface area contributed by atoms with E-state index in [1.807, 2.05) is 11.8 Å². The lowest BCUT2D eigenvalue weighted by Crippen LogP contribution is -2.18. The standard InChI is InChI=1S/C12H18N2O2S2/c1-17-10-6-5-9(8-10)14-12-11(18(2,15)16)4-3-7-13-12/h3-4,7,9-10H,5-6,8H2,1-2H3,(H,13,14). The predicted octanol–water partition coefficient (Wildman–Crippen LogP) is 2.18. The summed E-state index contributed by atoms with van der Waals surface area (Å²) in [5, 5.41) is 3.95. The molecule has 0 amide bonds. The van der Waals surface area contributed by atoms with Gasteiger partial charge in [0.05, 0.1) is 0 Å². The zero-order chi connectivity index (χ0) is 13.2. The minimum Gasteiger partial charge on any atom is -0.366 e. The Kier molecular flexibility index (Phi) is 4.17. The first-order valence-corrected chi connectivity index (χ1v) is 9.13. The molecule has 1 N–H and O–H groups in total. The summed E-state index contributed by atoms with van der Waals surface area (Å²) in [6, 6.07) is 3.59. The van der Waals surface area contributed by atoms with E-state index < -0.39 is 9.84 Å². The average molecular weight is 286 g/mol. The van der Waals surface area contributed by atoms with Gasteiger partial charge < -0.3 is 5.32 Å². The molecule has 4 nitrogen and oxygen atoms in total. The number of thioether (sulfide) groups is 1. The molecule has 2 unspecified atom stereocenters. The van der Waals surface area contributed by atoms with E-state index in [1.165, 1.54) is 12.7 Å². The number of sulfone groups is 1. The molecule has 0 bridgehead atoms. The van der Waals surface area contributed by atoms with E-state index in [0.29, 0.717) is 17.1 Å². The van der Waals surface area contributed by atoms with Crippen molar-refractivity contribution in [2.45, 2.75) is 35.4 Å². The van der Waals surface area contributed by atoms with Gasteiger partial charge in [-0.05, 0) is 37.7 Å². The van der Waals surface area contributed by atoms with Crippen molar-refractivity contribution < 1.29 is 8.42 Å². The Labute approximate surface area is 112 Å². The topological polar surface area (TPSA) is 59.1 Å². The van der Waals surface area contributed by atoms with Gasteiger partial charge in [-0.15, -0.1) is 0 Å². The van der Waals surface area contributed by atoms with Crippen molar-refractivity contribution >= 4 is 27.4 Å². The lowest BCUT2D eigenvalue weighted by molar-refractivity contribution is 0.601. The van der Waals surface area contributed by atoms with E-state index in [9.17, 15) is 8.42 Å². The van der Waals surface area contributed by atoms with E-state index >= 15 is 0 Å². The van der Waals surface area contributed by atoms with E-state index in [-0.39, 0.29) is 4.90 Å². The van der Waals surface area contributed by atoms with Gasteiger partial charge in [0.25, 0.3) is 0 Å². The fourth-order valence-electron chi connectivity index (χ4n) is 2.28. The lowest BCUT2D eigenvalue weighted by Gasteiger charge is -2.15. The second-order valence-corrected chi connectivity index (χ2v) is 7.76. The van der Waals surface area contributed by atoms with Gasteiger partial charge in [-0.1, -0.05) is 0 Å². The summed E-state index contributed by atoms with van der Waals surface area (Å²) >= 11 is 1.88. The molecule has 1 aliphatic rings. The number of anilines is 1. The maximum absolute atomic E-state index is 11.7. The lowest BCUT2D eigenvalue weighted by atomic mass is 10.2. The molecule has 1 aliphatic carbocycles. The largest absolute Gasteiger partial charge is 0.366 e.